The predicted octanol–water partition coefficient (Wildman–Crippen LogP) is 3.00. The van der Waals surface area contributed by atoms with Crippen LogP contribution in [0, 0.1) is 28.6 Å². The Hall–Kier alpha value is -1.14. The summed E-state index contributed by atoms with van der Waals surface area (Å²) in [5, 5.41) is 11.7. The molecule has 0 amide bonds. The van der Waals surface area contributed by atoms with Gasteiger partial charge in [0.25, 0.3) is 0 Å². The van der Waals surface area contributed by atoms with Gasteiger partial charge in [0.2, 0.25) is 0 Å². The van der Waals surface area contributed by atoms with Crippen molar-refractivity contribution in [2.24, 2.45) is 28.6 Å². The molecule has 9 unspecified atom stereocenters. The number of rotatable bonds is 2. The molecule has 0 aromatic heterocycles. The number of carbonyl (C=O) groups is 2. The van der Waals surface area contributed by atoms with Gasteiger partial charge in [-0.25, -0.2) is 0 Å². The molecular formula is C23H34O6. The summed E-state index contributed by atoms with van der Waals surface area (Å²) in [4.78, 5) is 23.9. The molecule has 6 nitrogen and oxygen atoms in total. The minimum Gasteiger partial charge on any atom is -0.469 e. The van der Waals surface area contributed by atoms with Gasteiger partial charge in [-0.1, -0.05) is 13.8 Å². The third-order valence-electron chi connectivity index (χ3n) is 10.0. The fraction of sp³-hybridized carbons (Fsp3) is 0.913. The van der Waals surface area contributed by atoms with Crippen molar-refractivity contribution in [2.45, 2.75) is 95.5 Å². The van der Waals surface area contributed by atoms with E-state index < -0.39 is 5.60 Å². The minimum absolute atomic E-state index is 0.0829. The maximum absolute atomic E-state index is 12.5. The van der Waals surface area contributed by atoms with E-state index in [9.17, 15) is 14.7 Å². The van der Waals surface area contributed by atoms with Gasteiger partial charge < -0.3 is 19.3 Å². The maximum atomic E-state index is 12.5. The molecule has 162 valence electrons. The van der Waals surface area contributed by atoms with Crippen molar-refractivity contribution in [3.8, 4) is 0 Å². The highest BCUT2D eigenvalue weighted by Gasteiger charge is 2.82. The molecule has 4 aliphatic carbocycles. The first-order valence-corrected chi connectivity index (χ1v) is 11.3. The standard InChI is InChI=1S/C23H34O6/c1-13(24)28-14-5-8-20(2)15-6-9-21(3)17(19(25)27-4)11-18-23(21,29-18)16(15)7-10-22(20,26)12-14/h14-18,26H,5-12H2,1-4H3. The predicted molar refractivity (Wildman–Crippen MR) is 104 cm³/mol. The van der Waals surface area contributed by atoms with Crippen LogP contribution in [0.3, 0.4) is 0 Å². The van der Waals surface area contributed by atoms with E-state index in [4.69, 9.17) is 14.2 Å². The van der Waals surface area contributed by atoms with E-state index in [0.717, 1.165) is 38.5 Å². The number of carbonyl (C=O) groups excluding carboxylic acids is 2. The van der Waals surface area contributed by atoms with E-state index in [-0.39, 0.29) is 46.5 Å². The Labute approximate surface area is 172 Å². The molecule has 1 N–H and O–H groups in total. The maximum Gasteiger partial charge on any atom is 0.309 e. The number of esters is 2. The second kappa shape index (κ2) is 5.97. The Balaban J connectivity index is 1.44. The van der Waals surface area contributed by atoms with Gasteiger partial charge in [-0.15, -0.1) is 0 Å². The summed E-state index contributed by atoms with van der Waals surface area (Å²) < 4.78 is 17.0. The monoisotopic (exact) mass is 406 g/mol. The van der Waals surface area contributed by atoms with E-state index >= 15 is 0 Å². The Morgan fingerprint density at radius 1 is 1.03 bits per heavy atom. The highest BCUT2D eigenvalue weighted by molar-refractivity contribution is 5.75. The van der Waals surface area contributed by atoms with Crippen LogP contribution in [0.1, 0.15) is 72.1 Å². The molecule has 0 aromatic rings. The van der Waals surface area contributed by atoms with Crippen LogP contribution >= 0.6 is 0 Å². The van der Waals surface area contributed by atoms with Crippen LogP contribution in [-0.2, 0) is 23.8 Å². The van der Waals surface area contributed by atoms with Gasteiger partial charge in [-0.3, -0.25) is 9.59 Å². The Bertz CT molecular complexity index is 752. The first-order valence-electron chi connectivity index (χ1n) is 11.3. The first-order chi connectivity index (χ1) is 13.6. The smallest absolute Gasteiger partial charge is 0.309 e. The van der Waals surface area contributed by atoms with Gasteiger partial charge in [-0.05, 0) is 62.2 Å². The van der Waals surface area contributed by atoms with Crippen molar-refractivity contribution in [3.63, 3.8) is 0 Å². The number of ether oxygens (including phenoxy) is 3. The Morgan fingerprint density at radius 2 is 1.72 bits per heavy atom. The SMILES string of the molecule is COC(=O)C1CC2OC23C2CCC4(O)CC(OC(C)=O)CCC4(C)C2CCC13C. The highest BCUT2D eigenvalue weighted by Crippen LogP contribution is 2.76. The van der Waals surface area contributed by atoms with Crippen molar-refractivity contribution in [2.75, 3.05) is 7.11 Å². The topological polar surface area (TPSA) is 85.4 Å². The number of methoxy groups -OCH3 is 1. The molecule has 1 aliphatic heterocycles. The third kappa shape index (κ3) is 2.31. The van der Waals surface area contributed by atoms with Crippen LogP contribution in [0.15, 0.2) is 0 Å². The number of hydrogen-bond donors (Lipinski definition) is 1. The summed E-state index contributed by atoms with van der Waals surface area (Å²) in [6.45, 7) is 5.92. The van der Waals surface area contributed by atoms with Crippen LogP contribution in [0.5, 0.6) is 0 Å². The van der Waals surface area contributed by atoms with E-state index in [1.807, 2.05) is 0 Å². The Kier molecular flexibility index (Phi) is 4.08. The molecule has 1 saturated heterocycles. The van der Waals surface area contributed by atoms with Gasteiger partial charge in [0, 0.05) is 18.8 Å². The second-order valence-electron chi connectivity index (χ2n) is 10.8. The molecule has 9 atom stereocenters. The lowest BCUT2D eigenvalue weighted by Gasteiger charge is -2.63. The second-order valence-corrected chi connectivity index (χ2v) is 10.8. The van der Waals surface area contributed by atoms with Gasteiger partial charge in [-0.2, -0.15) is 0 Å². The lowest BCUT2D eigenvalue weighted by atomic mass is 9.42. The summed E-state index contributed by atoms with van der Waals surface area (Å²) in [6, 6.07) is 0. The van der Waals surface area contributed by atoms with E-state index in [0.29, 0.717) is 24.7 Å². The van der Waals surface area contributed by atoms with E-state index in [2.05, 4.69) is 13.8 Å². The average Bonchev–Trinajstić information content (AvgIpc) is 3.32. The highest BCUT2D eigenvalue weighted by atomic mass is 16.6. The Morgan fingerprint density at radius 3 is 2.41 bits per heavy atom. The molecule has 4 saturated carbocycles. The molecule has 0 aromatic carbocycles. The van der Waals surface area contributed by atoms with E-state index in [1.165, 1.54) is 14.0 Å². The summed E-state index contributed by atoms with van der Waals surface area (Å²) in [6.07, 6.45) is 6.48. The largest absolute Gasteiger partial charge is 0.469 e. The first kappa shape index (κ1) is 19.8. The van der Waals surface area contributed by atoms with Gasteiger partial charge in [0.15, 0.2) is 0 Å². The van der Waals surface area contributed by atoms with Gasteiger partial charge >= 0.3 is 11.9 Å². The molecular weight excluding hydrogens is 372 g/mol. The third-order valence-corrected chi connectivity index (χ3v) is 10.0. The van der Waals surface area contributed by atoms with Gasteiger partial charge in [0.05, 0.1) is 24.7 Å². The number of fused-ring (bicyclic) bond motifs is 3. The average molecular weight is 407 g/mol. The van der Waals surface area contributed by atoms with E-state index in [1.54, 1.807) is 0 Å². The van der Waals surface area contributed by atoms with Gasteiger partial charge in [0.1, 0.15) is 11.7 Å². The zero-order valence-corrected chi connectivity index (χ0v) is 18.0. The minimum atomic E-state index is -0.804. The molecule has 5 fully saturated rings. The lowest BCUT2D eigenvalue weighted by Crippen LogP contribution is -2.65. The number of hydrogen-bond acceptors (Lipinski definition) is 6. The molecule has 29 heavy (non-hydrogen) atoms. The van der Waals surface area contributed by atoms with Crippen LogP contribution in [-0.4, -0.2) is 47.6 Å². The molecule has 0 radical (unpaired) electrons. The summed E-state index contributed by atoms with van der Waals surface area (Å²) in [7, 11) is 1.48. The van der Waals surface area contributed by atoms with Crippen molar-refractivity contribution < 1.29 is 28.9 Å². The molecule has 5 rings (SSSR count). The molecule has 1 spiro atoms. The summed E-state index contributed by atoms with van der Waals surface area (Å²) in [5.41, 5.74) is -1.41. The van der Waals surface area contributed by atoms with Crippen molar-refractivity contribution in [3.05, 3.63) is 0 Å². The molecule has 6 heteroatoms. The summed E-state index contributed by atoms with van der Waals surface area (Å²) in [5.74, 6) is 0.296. The van der Waals surface area contributed by atoms with Crippen molar-refractivity contribution in [1.29, 1.82) is 0 Å². The van der Waals surface area contributed by atoms with Crippen LogP contribution < -0.4 is 0 Å². The van der Waals surface area contributed by atoms with Crippen LogP contribution in [0.2, 0.25) is 0 Å². The molecule has 0 bridgehead atoms. The van der Waals surface area contributed by atoms with Crippen molar-refractivity contribution >= 4 is 11.9 Å². The fourth-order valence-electron chi connectivity index (χ4n) is 8.48. The molecule has 5 aliphatic rings. The zero-order chi connectivity index (χ0) is 20.8. The quantitative estimate of drug-likeness (QED) is 0.560. The van der Waals surface area contributed by atoms with Crippen molar-refractivity contribution in [1.82, 2.24) is 0 Å². The normalized spacial score (nSPS) is 55.0. The number of aliphatic hydroxyl groups is 1. The number of epoxide rings is 1. The lowest BCUT2D eigenvalue weighted by molar-refractivity contribution is -0.229. The zero-order valence-electron chi connectivity index (χ0n) is 18.0. The summed E-state index contributed by atoms with van der Waals surface area (Å²) >= 11 is 0. The van der Waals surface area contributed by atoms with Crippen LogP contribution in [0.4, 0.5) is 0 Å². The fourth-order valence-corrected chi connectivity index (χ4v) is 8.48. The molecule has 1 heterocycles. The van der Waals surface area contributed by atoms with Crippen LogP contribution in [0.25, 0.3) is 0 Å².